The van der Waals surface area contributed by atoms with E-state index < -0.39 is 97.5 Å². The third-order valence-electron chi connectivity index (χ3n) is 16.7. The molecule has 0 amide bonds. The first-order valence-electron chi connectivity index (χ1n) is 40.1. The summed E-state index contributed by atoms with van der Waals surface area (Å²) in [6.07, 6.45) is 80.6. The number of carbonyl (C=O) groups excluding carboxylic acids is 4. The number of hydrogen-bond donors (Lipinski definition) is 3. The molecule has 0 aliphatic rings. The monoisotopic (exact) mass is 1470 g/mol. The van der Waals surface area contributed by atoms with Gasteiger partial charge in [0.05, 0.1) is 26.4 Å². The van der Waals surface area contributed by atoms with E-state index >= 15 is 0 Å². The highest BCUT2D eigenvalue weighted by Crippen LogP contribution is 2.45. The minimum atomic E-state index is -4.98. The van der Waals surface area contributed by atoms with Crippen molar-refractivity contribution >= 4 is 39.5 Å². The first-order chi connectivity index (χ1) is 49.7. The van der Waals surface area contributed by atoms with Crippen molar-refractivity contribution in [3.63, 3.8) is 0 Å². The Morgan fingerprint density at radius 3 is 0.814 bits per heavy atom. The highest BCUT2D eigenvalue weighted by molar-refractivity contribution is 7.47. The molecule has 0 saturated carbocycles. The molecule has 19 heteroatoms. The molecule has 3 N–H and O–H groups in total. The van der Waals surface area contributed by atoms with Crippen LogP contribution in [-0.4, -0.2) is 96.7 Å². The Labute approximate surface area is 619 Å². The molecule has 0 aromatic carbocycles. The average Bonchev–Trinajstić information content (AvgIpc) is 0.923. The molecule has 102 heavy (non-hydrogen) atoms. The van der Waals surface area contributed by atoms with Crippen LogP contribution in [-0.2, 0) is 65.4 Å². The van der Waals surface area contributed by atoms with E-state index in [0.29, 0.717) is 25.7 Å². The number of unbranched alkanes of at least 4 members (excludes halogenated alkanes) is 31. The Hall–Kier alpha value is -4.28. The zero-order valence-corrected chi connectivity index (χ0v) is 66.0. The van der Waals surface area contributed by atoms with Gasteiger partial charge < -0.3 is 33.8 Å². The van der Waals surface area contributed by atoms with Crippen LogP contribution in [0.5, 0.6) is 0 Å². The van der Waals surface area contributed by atoms with E-state index in [1.165, 1.54) is 57.8 Å². The molecule has 17 nitrogen and oxygen atoms in total. The summed E-state index contributed by atoms with van der Waals surface area (Å²) in [4.78, 5) is 73.0. The van der Waals surface area contributed by atoms with Crippen molar-refractivity contribution in [2.75, 3.05) is 39.6 Å². The van der Waals surface area contributed by atoms with Gasteiger partial charge >= 0.3 is 39.5 Å². The lowest BCUT2D eigenvalue weighted by atomic mass is 10.1. The highest BCUT2D eigenvalue weighted by Gasteiger charge is 2.30. The molecule has 0 aromatic rings. The maximum atomic E-state index is 13.1. The number of aliphatic hydroxyl groups is 1. The predicted octanol–water partition coefficient (Wildman–Crippen LogP) is 23.3. The molecule has 5 atom stereocenters. The quantitative estimate of drug-likeness (QED) is 0.0169. The third-order valence-corrected chi connectivity index (χ3v) is 18.6. The number of carbonyl (C=O) groups is 4. The zero-order valence-electron chi connectivity index (χ0n) is 64.3. The van der Waals surface area contributed by atoms with Crippen LogP contribution in [0.1, 0.15) is 336 Å². The van der Waals surface area contributed by atoms with Gasteiger partial charge in [-0.2, -0.15) is 0 Å². The van der Waals surface area contributed by atoms with Crippen molar-refractivity contribution < 1.29 is 80.2 Å². The van der Waals surface area contributed by atoms with Gasteiger partial charge in [0, 0.05) is 25.7 Å². The minimum absolute atomic E-state index is 0.0742. The molecular weight excluding hydrogens is 1330 g/mol. The summed E-state index contributed by atoms with van der Waals surface area (Å²) in [6, 6.07) is 0. The zero-order chi connectivity index (χ0) is 74.6. The van der Waals surface area contributed by atoms with E-state index in [1.807, 2.05) is 0 Å². The van der Waals surface area contributed by atoms with Gasteiger partial charge in [-0.1, -0.05) is 272 Å². The lowest BCUT2D eigenvalue weighted by Crippen LogP contribution is -2.30. The summed E-state index contributed by atoms with van der Waals surface area (Å²) in [7, 11) is -9.97. The number of allylic oxidation sites excluding steroid dienone is 18. The number of esters is 4. The number of ether oxygens (including phenoxy) is 4. The van der Waals surface area contributed by atoms with Crippen molar-refractivity contribution in [3.05, 3.63) is 109 Å². The Morgan fingerprint density at radius 2 is 0.510 bits per heavy atom. The van der Waals surface area contributed by atoms with E-state index in [9.17, 15) is 43.2 Å². The third kappa shape index (κ3) is 74.0. The van der Waals surface area contributed by atoms with Gasteiger partial charge in [-0.3, -0.25) is 37.3 Å². The largest absolute Gasteiger partial charge is 0.472 e. The van der Waals surface area contributed by atoms with E-state index in [2.05, 4.69) is 137 Å². The molecule has 0 saturated heterocycles. The topological polar surface area (TPSA) is 237 Å². The summed E-state index contributed by atoms with van der Waals surface area (Å²) in [5, 5.41) is 10.6. The van der Waals surface area contributed by atoms with Gasteiger partial charge in [0.2, 0.25) is 0 Å². The molecule has 0 spiro atoms. The predicted molar refractivity (Wildman–Crippen MR) is 418 cm³/mol. The van der Waals surface area contributed by atoms with E-state index in [-0.39, 0.29) is 25.7 Å². The van der Waals surface area contributed by atoms with Crippen molar-refractivity contribution in [2.45, 2.75) is 354 Å². The SMILES string of the molecule is CC/C=C\C/C=C\C/C=C\CCCCCCCCCC(=O)OCC(COP(=O)(O)OCC(O)COP(=O)(O)OCC(COC(=O)CCCCCCC/C=C\C/C=C\C/C=C\CC)OC(=O)CCCCCCC/C=C\C/C=C\CCCCC)OC(=O)CCCCCCC/C=C\CCCCCCCC. The molecule has 0 aliphatic heterocycles. The molecule has 0 bridgehead atoms. The molecular formula is C83H144O17P2. The lowest BCUT2D eigenvalue weighted by Gasteiger charge is -2.21. The van der Waals surface area contributed by atoms with Gasteiger partial charge in [-0.15, -0.1) is 0 Å². The van der Waals surface area contributed by atoms with Gasteiger partial charge in [0.25, 0.3) is 0 Å². The van der Waals surface area contributed by atoms with Crippen LogP contribution in [0, 0.1) is 0 Å². The smallest absolute Gasteiger partial charge is 0.462 e. The molecule has 0 aromatic heterocycles. The fraction of sp³-hybridized carbons (Fsp3) is 0.735. The number of phosphoric acid groups is 2. The molecule has 5 unspecified atom stereocenters. The number of hydrogen-bond acceptors (Lipinski definition) is 15. The second-order valence-corrected chi connectivity index (χ2v) is 29.5. The van der Waals surface area contributed by atoms with Crippen LogP contribution in [0.4, 0.5) is 0 Å². The normalized spacial score (nSPS) is 14.5. The van der Waals surface area contributed by atoms with Gasteiger partial charge in [0.1, 0.15) is 19.3 Å². The fourth-order valence-corrected chi connectivity index (χ4v) is 12.2. The summed E-state index contributed by atoms with van der Waals surface area (Å²) < 4.78 is 68.6. The van der Waals surface area contributed by atoms with Crippen molar-refractivity contribution in [3.8, 4) is 0 Å². The molecule has 588 valence electrons. The maximum absolute atomic E-state index is 13.1. The first kappa shape index (κ1) is 97.7. The number of phosphoric ester groups is 2. The fourth-order valence-electron chi connectivity index (χ4n) is 10.6. The van der Waals surface area contributed by atoms with Crippen LogP contribution in [0.2, 0.25) is 0 Å². The number of rotatable bonds is 75. The van der Waals surface area contributed by atoms with E-state index in [0.717, 1.165) is 199 Å². The highest BCUT2D eigenvalue weighted by atomic mass is 31.2. The Kier molecular flexibility index (Phi) is 71.8. The molecule has 0 rings (SSSR count). The van der Waals surface area contributed by atoms with Gasteiger partial charge in [-0.25, -0.2) is 9.13 Å². The van der Waals surface area contributed by atoms with Gasteiger partial charge in [-0.05, 0) is 148 Å². The Morgan fingerprint density at radius 1 is 0.284 bits per heavy atom. The standard InChI is InChI=1S/C83H144O17P2/c1-5-9-13-17-21-25-29-33-37-38-42-44-48-52-56-60-64-68-81(86)94-74-79(100-83(88)70-66-62-58-54-50-46-41-36-32-28-24-20-16-12-8-4)76-98-102(91,92)96-72-77(84)71-95-101(89,90)97-75-78(99-82(87)69-65-61-57-53-49-45-40-35-31-27-23-19-15-11-7-3)73-93-80(85)67-63-59-55-51-47-43-39-34-30-26-22-18-14-10-6-2/h9-10,13-14,21-23,25-27,33-37,39-41,77-79,84H,5-8,11-12,15-20,24,28-32,38,42-76H2,1-4H3,(H,89,90)(H,91,92)/b13-9-,14-10-,25-21-,26-22-,27-23-,37-33-,39-34-,40-35-,41-36-. The summed E-state index contributed by atoms with van der Waals surface area (Å²) in [5.74, 6) is -2.22. The first-order valence-corrected chi connectivity index (χ1v) is 43.1. The lowest BCUT2D eigenvalue weighted by molar-refractivity contribution is -0.161. The summed E-state index contributed by atoms with van der Waals surface area (Å²) >= 11 is 0. The van der Waals surface area contributed by atoms with Crippen molar-refractivity contribution in [2.24, 2.45) is 0 Å². The molecule has 0 aliphatic carbocycles. The van der Waals surface area contributed by atoms with Crippen LogP contribution in [0.3, 0.4) is 0 Å². The molecule has 0 fully saturated rings. The Bertz CT molecular complexity index is 2360. The van der Waals surface area contributed by atoms with Gasteiger partial charge in [0.15, 0.2) is 12.2 Å². The molecule has 0 radical (unpaired) electrons. The average molecular weight is 1480 g/mol. The minimum Gasteiger partial charge on any atom is -0.462 e. The second-order valence-electron chi connectivity index (χ2n) is 26.6. The van der Waals surface area contributed by atoms with Crippen LogP contribution >= 0.6 is 15.6 Å². The van der Waals surface area contributed by atoms with Crippen LogP contribution < -0.4 is 0 Å². The maximum Gasteiger partial charge on any atom is 0.472 e. The van der Waals surface area contributed by atoms with Crippen molar-refractivity contribution in [1.82, 2.24) is 0 Å². The van der Waals surface area contributed by atoms with Crippen LogP contribution in [0.15, 0.2) is 109 Å². The second kappa shape index (κ2) is 75.0. The van der Waals surface area contributed by atoms with Crippen molar-refractivity contribution in [1.29, 1.82) is 0 Å². The Balaban J connectivity index is 5.38. The van der Waals surface area contributed by atoms with Crippen LogP contribution in [0.25, 0.3) is 0 Å². The summed E-state index contributed by atoms with van der Waals surface area (Å²) in [5.41, 5.74) is 0. The van der Waals surface area contributed by atoms with E-state index in [4.69, 9.17) is 37.0 Å². The van der Waals surface area contributed by atoms with E-state index in [1.54, 1.807) is 0 Å². The number of aliphatic hydroxyl groups excluding tert-OH is 1. The molecule has 0 heterocycles. The summed E-state index contributed by atoms with van der Waals surface area (Å²) in [6.45, 7) is 4.60.